The number of amides is 1. The van der Waals surface area contributed by atoms with Gasteiger partial charge < -0.3 is 10.2 Å². The minimum Gasteiger partial charge on any atom is -0.508 e. The largest absolute Gasteiger partial charge is 0.508 e. The zero-order chi connectivity index (χ0) is 22.9. The van der Waals surface area contributed by atoms with E-state index in [0.29, 0.717) is 22.7 Å². The van der Waals surface area contributed by atoms with E-state index in [2.05, 4.69) is 36.4 Å². The second-order valence-corrected chi connectivity index (χ2v) is 8.43. The summed E-state index contributed by atoms with van der Waals surface area (Å²) in [4.78, 5) is 25.3. The van der Waals surface area contributed by atoms with Crippen molar-refractivity contribution in [1.29, 1.82) is 0 Å². The Balaban J connectivity index is 1.87. The number of aromatic amines is 1. The Hall–Kier alpha value is -3.81. The van der Waals surface area contributed by atoms with Crippen LogP contribution in [0.4, 0.5) is 0 Å². The molecule has 0 bridgehead atoms. The van der Waals surface area contributed by atoms with Crippen LogP contribution in [0.15, 0.2) is 52.4 Å². The first-order valence-electron chi connectivity index (χ1n) is 9.78. The third-order valence-electron chi connectivity index (χ3n) is 4.91. The van der Waals surface area contributed by atoms with Crippen LogP contribution in [0.3, 0.4) is 0 Å². The maximum Gasteiger partial charge on any atom is 0.280 e. The van der Waals surface area contributed by atoms with Crippen LogP contribution in [0.25, 0.3) is 5.69 Å². The number of aromatic hydroxyl groups is 2. The van der Waals surface area contributed by atoms with Crippen molar-refractivity contribution in [2.75, 3.05) is 0 Å². The van der Waals surface area contributed by atoms with Crippen LogP contribution in [0, 0.1) is 6.92 Å². The summed E-state index contributed by atoms with van der Waals surface area (Å²) in [6.45, 7) is 9.74. The van der Waals surface area contributed by atoms with Gasteiger partial charge in [-0.3, -0.25) is 14.7 Å². The molecule has 0 unspecified atom stereocenters. The Labute approximate surface area is 179 Å². The summed E-state index contributed by atoms with van der Waals surface area (Å²) < 4.78 is 1.44. The van der Waals surface area contributed by atoms with Crippen LogP contribution in [0.2, 0.25) is 0 Å². The standard InChI is InChI=1S/C23H26N4O4/c1-13(24-25-21(30)15-10-18(28)12-19(29)11-15)20-14(2)26-27(22(20)31)17-8-6-16(7-9-17)23(3,4)5/h6-12,26,28-29H,1-5H3,(H,25,30)/b24-13+. The fraction of sp³-hybridized carbons (Fsp3) is 0.261. The van der Waals surface area contributed by atoms with Crippen molar-refractivity contribution in [3.8, 4) is 17.2 Å². The number of phenols is 2. The predicted molar refractivity (Wildman–Crippen MR) is 119 cm³/mol. The molecule has 162 valence electrons. The van der Waals surface area contributed by atoms with Crippen molar-refractivity contribution in [2.45, 2.75) is 40.0 Å². The lowest BCUT2D eigenvalue weighted by Gasteiger charge is -2.19. The van der Waals surface area contributed by atoms with E-state index in [-0.39, 0.29) is 28.0 Å². The SMILES string of the molecule is C/C(=N\NC(=O)c1cc(O)cc(O)c1)c1c(C)[nH]n(-c2ccc(C(C)(C)C)cc2)c1=O. The first kappa shape index (κ1) is 21.9. The number of hydrogen-bond donors (Lipinski definition) is 4. The molecule has 8 heteroatoms. The van der Waals surface area contributed by atoms with Gasteiger partial charge in [-0.1, -0.05) is 32.9 Å². The minimum absolute atomic E-state index is 0.00803. The molecule has 8 nitrogen and oxygen atoms in total. The predicted octanol–water partition coefficient (Wildman–Crippen LogP) is 3.34. The Bertz CT molecular complexity index is 1190. The highest BCUT2D eigenvalue weighted by Gasteiger charge is 2.17. The number of hydrogen-bond acceptors (Lipinski definition) is 5. The van der Waals surface area contributed by atoms with Gasteiger partial charge in [0, 0.05) is 17.3 Å². The Morgan fingerprint density at radius 2 is 1.65 bits per heavy atom. The molecule has 0 aliphatic carbocycles. The number of nitrogens with one attached hydrogen (secondary N) is 2. The highest BCUT2D eigenvalue weighted by Crippen LogP contribution is 2.23. The molecule has 3 rings (SSSR count). The van der Waals surface area contributed by atoms with Crippen molar-refractivity contribution >= 4 is 11.6 Å². The lowest BCUT2D eigenvalue weighted by molar-refractivity contribution is 0.0954. The van der Waals surface area contributed by atoms with Crippen LogP contribution in [0.1, 0.15) is 54.9 Å². The average molecular weight is 422 g/mol. The number of hydrazone groups is 1. The first-order chi connectivity index (χ1) is 14.5. The molecule has 4 N–H and O–H groups in total. The molecule has 1 heterocycles. The summed E-state index contributed by atoms with van der Waals surface area (Å²) in [5.41, 5.74) is 5.23. The molecule has 0 radical (unpaired) electrons. The molecule has 3 aromatic rings. The Morgan fingerprint density at radius 3 is 2.19 bits per heavy atom. The van der Waals surface area contributed by atoms with E-state index in [4.69, 9.17) is 0 Å². The lowest BCUT2D eigenvalue weighted by atomic mass is 9.87. The van der Waals surface area contributed by atoms with Gasteiger partial charge in [0.15, 0.2) is 0 Å². The van der Waals surface area contributed by atoms with E-state index < -0.39 is 5.91 Å². The molecular formula is C23H26N4O4. The number of nitrogens with zero attached hydrogens (tertiary/aromatic N) is 2. The van der Waals surface area contributed by atoms with E-state index in [1.54, 1.807) is 13.8 Å². The zero-order valence-electron chi connectivity index (χ0n) is 18.1. The lowest BCUT2D eigenvalue weighted by Crippen LogP contribution is -2.23. The zero-order valence-corrected chi connectivity index (χ0v) is 18.1. The van der Waals surface area contributed by atoms with Gasteiger partial charge >= 0.3 is 0 Å². The van der Waals surface area contributed by atoms with E-state index >= 15 is 0 Å². The molecule has 0 aliphatic heterocycles. The van der Waals surface area contributed by atoms with Crippen molar-refractivity contribution < 1.29 is 15.0 Å². The topological polar surface area (TPSA) is 120 Å². The third-order valence-corrected chi connectivity index (χ3v) is 4.91. The quantitative estimate of drug-likeness (QED) is 0.381. The molecule has 0 spiro atoms. The average Bonchev–Trinajstić information content (AvgIpc) is 2.98. The number of aromatic nitrogens is 2. The number of benzene rings is 2. The summed E-state index contributed by atoms with van der Waals surface area (Å²) in [7, 11) is 0. The number of H-pyrrole nitrogens is 1. The van der Waals surface area contributed by atoms with Crippen LogP contribution in [-0.4, -0.2) is 31.6 Å². The molecular weight excluding hydrogens is 396 g/mol. The third kappa shape index (κ3) is 4.69. The van der Waals surface area contributed by atoms with Crippen molar-refractivity contribution in [3.63, 3.8) is 0 Å². The number of carbonyl (C=O) groups is 1. The molecule has 31 heavy (non-hydrogen) atoms. The van der Waals surface area contributed by atoms with E-state index in [1.807, 2.05) is 24.3 Å². The number of aryl methyl sites for hydroxylation is 1. The Morgan fingerprint density at radius 1 is 1.06 bits per heavy atom. The summed E-state index contributed by atoms with van der Waals surface area (Å²) in [6, 6.07) is 11.3. The molecule has 2 aromatic carbocycles. The van der Waals surface area contributed by atoms with Gasteiger partial charge in [-0.2, -0.15) is 5.10 Å². The van der Waals surface area contributed by atoms with E-state index in [1.165, 1.54) is 16.8 Å². The number of phenolic OH excluding ortho intramolecular Hbond substituents is 2. The van der Waals surface area contributed by atoms with Gasteiger partial charge in [-0.05, 0) is 49.1 Å². The van der Waals surface area contributed by atoms with Crippen LogP contribution >= 0.6 is 0 Å². The van der Waals surface area contributed by atoms with Crippen LogP contribution in [0.5, 0.6) is 11.5 Å². The number of rotatable bonds is 4. The summed E-state index contributed by atoms with van der Waals surface area (Å²) >= 11 is 0. The van der Waals surface area contributed by atoms with Gasteiger partial charge in [0.25, 0.3) is 11.5 Å². The first-order valence-corrected chi connectivity index (χ1v) is 9.78. The van der Waals surface area contributed by atoms with Gasteiger partial charge in [-0.25, -0.2) is 10.1 Å². The summed E-state index contributed by atoms with van der Waals surface area (Å²) in [6.07, 6.45) is 0. The molecule has 0 aliphatic rings. The molecule has 1 aromatic heterocycles. The Kier molecular flexibility index (Phi) is 5.75. The van der Waals surface area contributed by atoms with Gasteiger partial charge in [-0.15, -0.1) is 0 Å². The fourth-order valence-corrected chi connectivity index (χ4v) is 3.25. The maximum atomic E-state index is 13.0. The highest BCUT2D eigenvalue weighted by atomic mass is 16.3. The number of carbonyl (C=O) groups excluding carboxylic acids is 1. The summed E-state index contributed by atoms with van der Waals surface area (Å²) in [5, 5.41) is 26.1. The van der Waals surface area contributed by atoms with E-state index in [0.717, 1.165) is 11.6 Å². The van der Waals surface area contributed by atoms with Crippen LogP contribution in [-0.2, 0) is 5.41 Å². The monoisotopic (exact) mass is 422 g/mol. The minimum atomic E-state index is -0.628. The maximum absolute atomic E-state index is 13.0. The normalized spacial score (nSPS) is 12.1. The molecule has 0 saturated heterocycles. The second kappa shape index (κ2) is 8.14. The van der Waals surface area contributed by atoms with E-state index in [9.17, 15) is 19.8 Å². The fourth-order valence-electron chi connectivity index (χ4n) is 3.25. The molecule has 0 atom stereocenters. The van der Waals surface area contributed by atoms with Crippen LogP contribution < -0.4 is 11.0 Å². The summed E-state index contributed by atoms with van der Waals surface area (Å²) in [5.74, 6) is -1.11. The van der Waals surface area contributed by atoms with Gasteiger partial charge in [0.2, 0.25) is 0 Å². The smallest absolute Gasteiger partial charge is 0.280 e. The second-order valence-electron chi connectivity index (χ2n) is 8.43. The highest BCUT2D eigenvalue weighted by molar-refractivity contribution is 6.01. The molecule has 0 saturated carbocycles. The van der Waals surface area contributed by atoms with Crippen molar-refractivity contribution in [2.24, 2.45) is 5.10 Å². The molecule has 0 fully saturated rings. The van der Waals surface area contributed by atoms with Gasteiger partial charge in [0.1, 0.15) is 11.5 Å². The molecule has 1 amide bonds. The van der Waals surface area contributed by atoms with Crippen molar-refractivity contribution in [1.82, 2.24) is 15.2 Å². The van der Waals surface area contributed by atoms with Gasteiger partial charge in [0.05, 0.1) is 17.0 Å². The van der Waals surface area contributed by atoms with Crippen molar-refractivity contribution in [3.05, 3.63) is 75.2 Å².